The van der Waals surface area contributed by atoms with E-state index in [9.17, 15) is 9.59 Å². The molecule has 1 aromatic rings. The lowest BCUT2D eigenvalue weighted by atomic mass is 10.2. The molecule has 3 N–H and O–H groups in total. The van der Waals surface area contributed by atoms with Gasteiger partial charge < -0.3 is 16.0 Å². The van der Waals surface area contributed by atoms with E-state index in [0.29, 0.717) is 19.0 Å². The predicted octanol–water partition coefficient (Wildman–Crippen LogP) is 2.51. The molecule has 0 aliphatic heterocycles. The van der Waals surface area contributed by atoms with Gasteiger partial charge in [-0.05, 0) is 31.0 Å². The summed E-state index contributed by atoms with van der Waals surface area (Å²) in [4.78, 5) is 22.8. The highest BCUT2D eigenvalue weighted by Crippen LogP contribution is 2.18. The van der Waals surface area contributed by atoms with Crippen molar-refractivity contribution >= 4 is 23.2 Å². The highest BCUT2D eigenvalue weighted by molar-refractivity contribution is 5.89. The summed E-state index contributed by atoms with van der Waals surface area (Å²) in [5.74, 6) is 0.00973. The summed E-state index contributed by atoms with van der Waals surface area (Å²) in [6.07, 6.45) is 5.12. The van der Waals surface area contributed by atoms with Gasteiger partial charge in [-0.1, -0.05) is 18.9 Å². The Hall–Kier alpha value is -2.04. The Bertz CT molecular complexity index is 496. The summed E-state index contributed by atoms with van der Waals surface area (Å²) in [5, 5.41) is 9.00. The largest absolute Gasteiger partial charge is 0.384 e. The fourth-order valence-corrected chi connectivity index (χ4v) is 2.60. The minimum Gasteiger partial charge on any atom is -0.384 e. The van der Waals surface area contributed by atoms with E-state index in [1.165, 1.54) is 19.8 Å². The topological polar surface area (TPSA) is 70.2 Å². The first kappa shape index (κ1) is 15.4. The van der Waals surface area contributed by atoms with Crippen LogP contribution in [0, 0.1) is 0 Å². The molecule has 1 aliphatic rings. The monoisotopic (exact) mass is 289 g/mol. The lowest BCUT2D eigenvalue weighted by molar-refractivity contribution is -0.121. The number of rotatable bonds is 6. The molecule has 0 aromatic heterocycles. The highest BCUT2D eigenvalue weighted by atomic mass is 16.2. The maximum Gasteiger partial charge on any atom is 0.221 e. The minimum atomic E-state index is -0.0944. The number of amides is 2. The predicted molar refractivity (Wildman–Crippen MR) is 84.3 cm³/mol. The first-order valence-electron chi connectivity index (χ1n) is 7.54. The molecular weight excluding hydrogens is 266 g/mol. The molecule has 1 fully saturated rings. The summed E-state index contributed by atoms with van der Waals surface area (Å²) in [7, 11) is 0. The SMILES string of the molecule is CC(=O)Nc1cccc(NCCC(=O)NC2CCCC2)c1. The molecule has 0 atom stereocenters. The van der Waals surface area contributed by atoms with Gasteiger partial charge in [0.25, 0.3) is 0 Å². The molecule has 114 valence electrons. The van der Waals surface area contributed by atoms with E-state index in [2.05, 4.69) is 16.0 Å². The van der Waals surface area contributed by atoms with Gasteiger partial charge in [-0.3, -0.25) is 9.59 Å². The average molecular weight is 289 g/mol. The Labute approximate surface area is 125 Å². The van der Waals surface area contributed by atoms with Crippen molar-refractivity contribution in [1.29, 1.82) is 0 Å². The van der Waals surface area contributed by atoms with Gasteiger partial charge in [-0.25, -0.2) is 0 Å². The van der Waals surface area contributed by atoms with Gasteiger partial charge in [0, 0.05) is 37.3 Å². The van der Waals surface area contributed by atoms with E-state index in [4.69, 9.17) is 0 Å². The van der Waals surface area contributed by atoms with Crippen molar-refractivity contribution in [1.82, 2.24) is 5.32 Å². The Balaban J connectivity index is 1.72. The summed E-state index contributed by atoms with van der Waals surface area (Å²) in [6, 6.07) is 7.85. The van der Waals surface area contributed by atoms with E-state index in [0.717, 1.165) is 24.2 Å². The van der Waals surface area contributed by atoms with Crippen LogP contribution in [0.25, 0.3) is 0 Å². The van der Waals surface area contributed by atoms with Crippen molar-refractivity contribution in [2.24, 2.45) is 0 Å². The number of hydrogen-bond donors (Lipinski definition) is 3. The van der Waals surface area contributed by atoms with E-state index in [-0.39, 0.29) is 11.8 Å². The second kappa shape index (κ2) is 7.67. The van der Waals surface area contributed by atoms with Crippen molar-refractivity contribution in [3.63, 3.8) is 0 Å². The molecule has 5 nitrogen and oxygen atoms in total. The summed E-state index contributed by atoms with van der Waals surface area (Å²) >= 11 is 0. The van der Waals surface area contributed by atoms with Gasteiger partial charge in [-0.2, -0.15) is 0 Å². The second-order valence-electron chi connectivity index (χ2n) is 5.49. The number of carbonyl (C=O) groups is 2. The van der Waals surface area contributed by atoms with Gasteiger partial charge in [-0.15, -0.1) is 0 Å². The Kier molecular flexibility index (Phi) is 5.60. The van der Waals surface area contributed by atoms with Gasteiger partial charge in [0.05, 0.1) is 0 Å². The molecule has 1 aromatic carbocycles. The fraction of sp³-hybridized carbons (Fsp3) is 0.500. The average Bonchev–Trinajstić information content (AvgIpc) is 2.91. The molecule has 0 heterocycles. The molecule has 0 saturated heterocycles. The zero-order valence-corrected chi connectivity index (χ0v) is 12.4. The quantitative estimate of drug-likeness (QED) is 0.753. The third-order valence-electron chi connectivity index (χ3n) is 3.58. The number of carbonyl (C=O) groups excluding carboxylic acids is 2. The molecule has 0 radical (unpaired) electrons. The van der Waals surface area contributed by atoms with Crippen molar-refractivity contribution in [3.05, 3.63) is 24.3 Å². The van der Waals surface area contributed by atoms with Crippen LogP contribution < -0.4 is 16.0 Å². The Morgan fingerprint density at radius 3 is 2.62 bits per heavy atom. The van der Waals surface area contributed by atoms with Gasteiger partial charge >= 0.3 is 0 Å². The molecular formula is C16H23N3O2. The summed E-state index contributed by atoms with van der Waals surface area (Å²) < 4.78 is 0. The number of anilines is 2. The van der Waals surface area contributed by atoms with E-state index in [1.807, 2.05) is 24.3 Å². The first-order valence-corrected chi connectivity index (χ1v) is 7.54. The van der Waals surface area contributed by atoms with Crippen molar-refractivity contribution in [2.45, 2.75) is 45.1 Å². The molecule has 5 heteroatoms. The van der Waals surface area contributed by atoms with Crippen LogP contribution in [0.2, 0.25) is 0 Å². The highest BCUT2D eigenvalue weighted by Gasteiger charge is 2.16. The Morgan fingerprint density at radius 1 is 1.19 bits per heavy atom. The van der Waals surface area contributed by atoms with E-state index in [1.54, 1.807) is 0 Å². The lowest BCUT2D eigenvalue weighted by Crippen LogP contribution is -2.33. The zero-order valence-electron chi connectivity index (χ0n) is 12.4. The smallest absolute Gasteiger partial charge is 0.221 e. The molecule has 2 rings (SSSR count). The van der Waals surface area contributed by atoms with Gasteiger partial charge in [0.1, 0.15) is 0 Å². The van der Waals surface area contributed by atoms with Crippen LogP contribution in [0.4, 0.5) is 11.4 Å². The molecule has 2 amide bonds. The third-order valence-corrected chi connectivity index (χ3v) is 3.58. The number of nitrogens with one attached hydrogen (secondary N) is 3. The molecule has 0 unspecified atom stereocenters. The normalized spacial score (nSPS) is 14.7. The van der Waals surface area contributed by atoms with Crippen LogP contribution in [0.15, 0.2) is 24.3 Å². The molecule has 1 saturated carbocycles. The summed E-state index contributed by atoms with van der Waals surface area (Å²) in [5.41, 5.74) is 1.65. The molecule has 0 bridgehead atoms. The van der Waals surface area contributed by atoms with Crippen LogP contribution in [-0.2, 0) is 9.59 Å². The van der Waals surface area contributed by atoms with Crippen LogP contribution >= 0.6 is 0 Å². The lowest BCUT2D eigenvalue weighted by Gasteiger charge is -2.12. The molecule has 0 spiro atoms. The fourth-order valence-electron chi connectivity index (χ4n) is 2.60. The minimum absolute atomic E-state index is 0.0944. The first-order chi connectivity index (χ1) is 10.1. The number of hydrogen-bond acceptors (Lipinski definition) is 3. The van der Waals surface area contributed by atoms with E-state index < -0.39 is 0 Å². The van der Waals surface area contributed by atoms with Gasteiger partial charge in [0.15, 0.2) is 0 Å². The van der Waals surface area contributed by atoms with Crippen LogP contribution in [0.3, 0.4) is 0 Å². The van der Waals surface area contributed by atoms with Crippen LogP contribution in [0.5, 0.6) is 0 Å². The number of benzene rings is 1. The molecule has 1 aliphatic carbocycles. The maximum absolute atomic E-state index is 11.8. The standard InChI is InChI=1S/C16H23N3O2/c1-12(20)18-15-8-4-7-14(11-15)17-10-9-16(21)19-13-5-2-3-6-13/h4,7-8,11,13,17H,2-3,5-6,9-10H2,1H3,(H,18,20)(H,19,21). The van der Waals surface area contributed by atoms with Crippen LogP contribution in [0.1, 0.15) is 39.0 Å². The second-order valence-corrected chi connectivity index (χ2v) is 5.49. The Morgan fingerprint density at radius 2 is 1.90 bits per heavy atom. The molecule has 21 heavy (non-hydrogen) atoms. The van der Waals surface area contributed by atoms with Gasteiger partial charge in [0.2, 0.25) is 11.8 Å². The van der Waals surface area contributed by atoms with Crippen LogP contribution in [-0.4, -0.2) is 24.4 Å². The van der Waals surface area contributed by atoms with Crippen molar-refractivity contribution in [2.75, 3.05) is 17.2 Å². The van der Waals surface area contributed by atoms with Crippen molar-refractivity contribution in [3.8, 4) is 0 Å². The van der Waals surface area contributed by atoms with E-state index >= 15 is 0 Å². The van der Waals surface area contributed by atoms with Crippen molar-refractivity contribution < 1.29 is 9.59 Å². The third kappa shape index (κ3) is 5.45. The summed E-state index contributed by atoms with van der Waals surface area (Å²) in [6.45, 7) is 2.07. The maximum atomic E-state index is 11.8. The zero-order chi connectivity index (χ0) is 15.1.